The van der Waals surface area contributed by atoms with E-state index in [4.69, 9.17) is 10.9 Å². The second kappa shape index (κ2) is 4.23. The first-order valence-electron chi connectivity index (χ1n) is 3.54. The molecule has 4 N–H and O–H groups in total. The molecule has 66 valence electrons. The van der Waals surface area contributed by atoms with E-state index in [0.717, 1.165) is 11.3 Å². The molecule has 0 saturated heterocycles. The van der Waals surface area contributed by atoms with Crippen LogP contribution in [0.2, 0.25) is 0 Å². The van der Waals surface area contributed by atoms with Crippen LogP contribution in [0.25, 0.3) is 0 Å². The molecule has 12 heavy (non-hydrogen) atoms. The van der Waals surface area contributed by atoms with Crippen LogP contribution in [-0.2, 0) is 5.75 Å². The Kier molecular flexibility index (Phi) is 3.25. The van der Waals surface area contributed by atoms with Crippen LogP contribution in [0.4, 0.5) is 11.4 Å². The van der Waals surface area contributed by atoms with Crippen molar-refractivity contribution in [3.8, 4) is 0 Å². The first kappa shape index (κ1) is 9.22. The van der Waals surface area contributed by atoms with E-state index in [1.807, 2.05) is 18.4 Å². The number of nitrogen functional groups attached to an aromatic ring is 1. The van der Waals surface area contributed by atoms with Crippen LogP contribution in [0.5, 0.6) is 0 Å². The summed E-state index contributed by atoms with van der Waals surface area (Å²) in [5, 5.41) is 8.64. The Morgan fingerprint density at radius 3 is 2.83 bits per heavy atom. The van der Waals surface area contributed by atoms with Gasteiger partial charge in [0.15, 0.2) is 0 Å². The van der Waals surface area contributed by atoms with Gasteiger partial charge in [-0.1, -0.05) is 0 Å². The van der Waals surface area contributed by atoms with E-state index in [1.54, 1.807) is 17.8 Å². The van der Waals surface area contributed by atoms with Crippen molar-refractivity contribution in [2.75, 3.05) is 17.5 Å². The molecule has 0 aliphatic heterocycles. The number of hydrogen-bond acceptors (Lipinski definition) is 4. The molecule has 0 aromatic heterocycles. The average Bonchev–Trinajstić information content (AvgIpc) is 2.04. The van der Waals surface area contributed by atoms with Crippen molar-refractivity contribution in [2.24, 2.45) is 0 Å². The van der Waals surface area contributed by atoms with E-state index in [9.17, 15) is 0 Å². The van der Waals surface area contributed by atoms with Crippen LogP contribution in [0.15, 0.2) is 18.2 Å². The molecule has 4 heteroatoms. The molecule has 0 fully saturated rings. The van der Waals surface area contributed by atoms with Gasteiger partial charge in [0.1, 0.15) is 0 Å². The van der Waals surface area contributed by atoms with E-state index in [0.29, 0.717) is 11.4 Å². The van der Waals surface area contributed by atoms with Gasteiger partial charge in [-0.15, -0.1) is 0 Å². The van der Waals surface area contributed by atoms with Crippen LogP contribution >= 0.6 is 11.8 Å². The van der Waals surface area contributed by atoms with Crippen molar-refractivity contribution >= 4 is 23.1 Å². The largest absolute Gasteiger partial charge is 0.399 e. The van der Waals surface area contributed by atoms with Crippen molar-refractivity contribution in [2.45, 2.75) is 5.75 Å². The van der Waals surface area contributed by atoms with Gasteiger partial charge in [0, 0.05) is 11.4 Å². The van der Waals surface area contributed by atoms with Crippen molar-refractivity contribution < 1.29 is 5.21 Å². The van der Waals surface area contributed by atoms with Gasteiger partial charge >= 0.3 is 0 Å². The van der Waals surface area contributed by atoms with Crippen molar-refractivity contribution in [3.63, 3.8) is 0 Å². The molecule has 0 radical (unpaired) electrons. The topological polar surface area (TPSA) is 58.3 Å². The molecule has 0 aliphatic rings. The van der Waals surface area contributed by atoms with Crippen molar-refractivity contribution in [1.29, 1.82) is 0 Å². The average molecular weight is 184 g/mol. The minimum Gasteiger partial charge on any atom is -0.399 e. The molecule has 0 atom stereocenters. The lowest BCUT2D eigenvalue weighted by atomic mass is 10.2. The quantitative estimate of drug-likeness (QED) is 0.496. The minimum absolute atomic E-state index is 0.638. The Bertz CT molecular complexity index is 265. The first-order chi connectivity index (χ1) is 5.76. The maximum atomic E-state index is 8.64. The summed E-state index contributed by atoms with van der Waals surface area (Å²) in [6, 6.07) is 5.45. The minimum atomic E-state index is 0.638. The summed E-state index contributed by atoms with van der Waals surface area (Å²) in [5.74, 6) is 0.902. The molecule has 0 amide bonds. The smallest absolute Gasteiger partial charge is 0.0625 e. The maximum Gasteiger partial charge on any atom is 0.0625 e. The number of rotatable bonds is 3. The molecule has 0 heterocycles. The van der Waals surface area contributed by atoms with E-state index in [-0.39, 0.29) is 0 Å². The first-order valence-corrected chi connectivity index (χ1v) is 4.94. The fourth-order valence-corrected chi connectivity index (χ4v) is 1.53. The number of benzene rings is 1. The number of nitrogens with two attached hydrogens (primary N) is 1. The molecule has 0 bridgehead atoms. The predicted octanol–water partition coefficient (Wildman–Crippen LogP) is 1.93. The van der Waals surface area contributed by atoms with Gasteiger partial charge in [0.2, 0.25) is 0 Å². The molecule has 0 aliphatic carbocycles. The maximum absolute atomic E-state index is 8.64. The van der Waals surface area contributed by atoms with Crippen LogP contribution in [0.1, 0.15) is 5.56 Å². The third-order valence-corrected chi connectivity index (χ3v) is 2.08. The van der Waals surface area contributed by atoms with Crippen LogP contribution < -0.4 is 11.2 Å². The van der Waals surface area contributed by atoms with Crippen LogP contribution in [-0.4, -0.2) is 11.5 Å². The Morgan fingerprint density at radius 2 is 2.25 bits per heavy atom. The van der Waals surface area contributed by atoms with Crippen LogP contribution in [0.3, 0.4) is 0 Å². The van der Waals surface area contributed by atoms with E-state index in [1.165, 1.54) is 0 Å². The highest BCUT2D eigenvalue weighted by molar-refractivity contribution is 7.97. The Morgan fingerprint density at radius 1 is 1.50 bits per heavy atom. The summed E-state index contributed by atoms with van der Waals surface area (Å²) < 4.78 is 0. The second-order valence-corrected chi connectivity index (χ2v) is 3.37. The lowest BCUT2D eigenvalue weighted by molar-refractivity contribution is 0.389. The van der Waals surface area contributed by atoms with E-state index < -0.39 is 0 Å². The predicted molar refractivity (Wildman–Crippen MR) is 53.5 cm³/mol. The monoisotopic (exact) mass is 184 g/mol. The van der Waals surface area contributed by atoms with Gasteiger partial charge in [-0.05, 0) is 30.0 Å². The zero-order chi connectivity index (χ0) is 8.97. The zero-order valence-corrected chi connectivity index (χ0v) is 7.69. The molecular weight excluding hydrogens is 172 g/mol. The van der Waals surface area contributed by atoms with E-state index >= 15 is 0 Å². The van der Waals surface area contributed by atoms with Crippen LogP contribution in [0, 0.1) is 0 Å². The third-order valence-electron chi connectivity index (χ3n) is 1.46. The lowest BCUT2D eigenvalue weighted by Crippen LogP contribution is -1.94. The number of nitrogens with one attached hydrogen (secondary N) is 1. The standard InChI is InChI=1S/C8H12N2OS/c1-12-5-6-2-7(9)4-8(3-6)10-11/h2-4,10-11H,5,9H2,1H3. The number of anilines is 2. The summed E-state index contributed by atoms with van der Waals surface area (Å²) in [7, 11) is 0. The summed E-state index contributed by atoms with van der Waals surface area (Å²) >= 11 is 1.72. The van der Waals surface area contributed by atoms with Gasteiger partial charge in [-0.3, -0.25) is 10.7 Å². The second-order valence-electron chi connectivity index (χ2n) is 2.51. The normalized spacial score (nSPS) is 9.83. The van der Waals surface area contributed by atoms with Crippen molar-refractivity contribution in [3.05, 3.63) is 23.8 Å². The highest BCUT2D eigenvalue weighted by atomic mass is 32.2. The molecular formula is C8H12N2OS. The number of thioether (sulfide) groups is 1. The van der Waals surface area contributed by atoms with Gasteiger partial charge < -0.3 is 5.73 Å². The Labute approximate surface area is 75.9 Å². The van der Waals surface area contributed by atoms with E-state index in [2.05, 4.69) is 5.48 Å². The molecule has 0 unspecified atom stereocenters. The Hall–Kier alpha value is -0.870. The summed E-state index contributed by atoms with van der Waals surface area (Å²) in [5.41, 5.74) is 10.1. The Balaban J connectivity index is 2.90. The fraction of sp³-hybridized carbons (Fsp3) is 0.250. The third kappa shape index (κ3) is 2.32. The zero-order valence-electron chi connectivity index (χ0n) is 6.87. The molecule has 1 rings (SSSR count). The van der Waals surface area contributed by atoms with Gasteiger partial charge in [-0.2, -0.15) is 11.8 Å². The summed E-state index contributed by atoms with van der Waals surface area (Å²) in [4.78, 5) is 0. The highest BCUT2D eigenvalue weighted by Crippen LogP contribution is 2.18. The van der Waals surface area contributed by atoms with Gasteiger partial charge in [0.25, 0.3) is 0 Å². The molecule has 0 spiro atoms. The number of hydrogen-bond donors (Lipinski definition) is 3. The molecule has 3 nitrogen and oxygen atoms in total. The lowest BCUT2D eigenvalue weighted by Gasteiger charge is -2.04. The molecule has 1 aromatic rings. The van der Waals surface area contributed by atoms with Gasteiger partial charge in [0.05, 0.1) is 5.69 Å². The SMILES string of the molecule is CSCc1cc(N)cc(NO)c1. The highest BCUT2D eigenvalue weighted by Gasteiger charge is 1.96. The molecule has 0 saturated carbocycles. The molecule has 1 aromatic carbocycles. The summed E-state index contributed by atoms with van der Waals surface area (Å²) in [6.45, 7) is 0. The summed E-state index contributed by atoms with van der Waals surface area (Å²) in [6.07, 6.45) is 2.02. The van der Waals surface area contributed by atoms with Gasteiger partial charge in [-0.25, -0.2) is 0 Å². The fourth-order valence-electron chi connectivity index (χ4n) is 1.03. The van der Waals surface area contributed by atoms with Crippen molar-refractivity contribution in [1.82, 2.24) is 0 Å².